The molecule has 0 saturated carbocycles. The van der Waals surface area contributed by atoms with Crippen LogP contribution in [0, 0.1) is 3.57 Å². The SMILES string of the molecule is O=C1NCCN1c1ccc(S(=O)(=O)Oc2ccc(I)cc2)cc1. The van der Waals surface area contributed by atoms with Crippen molar-refractivity contribution in [2.75, 3.05) is 18.0 Å². The van der Waals surface area contributed by atoms with Crippen LogP contribution in [0.5, 0.6) is 5.75 Å². The van der Waals surface area contributed by atoms with Crippen LogP contribution < -0.4 is 14.4 Å². The average Bonchev–Trinajstić information content (AvgIpc) is 2.96. The van der Waals surface area contributed by atoms with Crippen LogP contribution >= 0.6 is 22.6 Å². The number of benzene rings is 2. The zero-order valence-corrected chi connectivity index (χ0v) is 14.9. The van der Waals surface area contributed by atoms with Gasteiger partial charge in [0.15, 0.2) is 0 Å². The first-order valence-corrected chi connectivity index (χ1v) is 9.30. The van der Waals surface area contributed by atoms with Gasteiger partial charge in [0.25, 0.3) is 0 Å². The quantitative estimate of drug-likeness (QED) is 0.581. The van der Waals surface area contributed by atoms with Crippen molar-refractivity contribution in [3.05, 3.63) is 52.1 Å². The van der Waals surface area contributed by atoms with Gasteiger partial charge in [-0.05, 0) is 71.1 Å². The number of halogens is 1. The van der Waals surface area contributed by atoms with Gasteiger partial charge < -0.3 is 9.50 Å². The van der Waals surface area contributed by atoms with Crippen molar-refractivity contribution in [1.82, 2.24) is 5.32 Å². The molecule has 0 bridgehead atoms. The summed E-state index contributed by atoms with van der Waals surface area (Å²) in [6.45, 7) is 1.14. The van der Waals surface area contributed by atoms with E-state index in [0.29, 0.717) is 18.8 Å². The number of hydrogen-bond acceptors (Lipinski definition) is 4. The Hall–Kier alpha value is -1.81. The number of rotatable bonds is 4. The van der Waals surface area contributed by atoms with Crippen LogP contribution in [-0.4, -0.2) is 27.5 Å². The fourth-order valence-electron chi connectivity index (χ4n) is 2.18. The van der Waals surface area contributed by atoms with Gasteiger partial charge in [-0.1, -0.05) is 0 Å². The van der Waals surface area contributed by atoms with Gasteiger partial charge in [-0.25, -0.2) is 4.79 Å². The molecule has 0 aliphatic carbocycles. The first-order chi connectivity index (χ1) is 11.0. The lowest BCUT2D eigenvalue weighted by Crippen LogP contribution is -2.27. The van der Waals surface area contributed by atoms with Crippen LogP contribution in [0.15, 0.2) is 53.4 Å². The molecule has 1 aliphatic rings. The van der Waals surface area contributed by atoms with Crippen LogP contribution in [0.4, 0.5) is 10.5 Å². The zero-order valence-electron chi connectivity index (χ0n) is 11.9. The maximum Gasteiger partial charge on any atom is 0.339 e. The molecule has 1 heterocycles. The zero-order chi connectivity index (χ0) is 16.4. The van der Waals surface area contributed by atoms with Crippen molar-refractivity contribution < 1.29 is 17.4 Å². The van der Waals surface area contributed by atoms with Crippen LogP contribution in [0.1, 0.15) is 0 Å². The summed E-state index contributed by atoms with van der Waals surface area (Å²) in [5.41, 5.74) is 0.646. The van der Waals surface area contributed by atoms with E-state index in [1.807, 2.05) is 0 Å². The molecule has 120 valence electrons. The van der Waals surface area contributed by atoms with E-state index in [2.05, 4.69) is 27.9 Å². The summed E-state index contributed by atoms with van der Waals surface area (Å²) >= 11 is 2.13. The average molecular weight is 444 g/mol. The maximum absolute atomic E-state index is 12.3. The second-order valence-corrected chi connectivity index (χ2v) is 7.66. The molecule has 0 radical (unpaired) electrons. The molecular formula is C15H13IN2O4S. The standard InChI is InChI=1S/C15H13IN2O4S/c16-11-1-5-13(6-2-11)22-23(20,21)14-7-3-12(4-8-14)18-10-9-17-15(18)19/h1-8H,9-10H2,(H,17,19). The van der Waals surface area contributed by atoms with Crippen molar-refractivity contribution in [2.24, 2.45) is 0 Å². The molecule has 1 fully saturated rings. The molecule has 0 aromatic heterocycles. The maximum atomic E-state index is 12.3. The molecule has 1 aliphatic heterocycles. The molecule has 2 aromatic rings. The molecule has 2 aromatic carbocycles. The van der Waals surface area contributed by atoms with Gasteiger partial charge in [0.2, 0.25) is 0 Å². The molecule has 8 heteroatoms. The van der Waals surface area contributed by atoms with Crippen LogP contribution in [-0.2, 0) is 10.1 Å². The van der Waals surface area contributed by atoms with Gasteiger partial charge in [-0.15, -0.1) is 0 Å². The number of urea groups is 1. The second kappa shape index (κ2) is 6.36. The topological polar surface area (TPSA) is 75.7 Å². The first kappa shape index (κ1) is 16.1. The lowest BCUT2D eigenvalue weighted by Gasteiger charge is -2.14. The van der Waals surface area contributed by atoms with Crippen molar-refractivity contribution in [3.8, 4) is 5.75 Å². The van der Waals surface area contributed by atoms with E-state index in [1.165, 1.54) is 12.1 Å². The highest BCUT2D eigenvalue weighted by atomic mass is 127. The van der Waals surface area contributed by atoms with Crippen molar-refractivity contribution in [3.63, 3.8) is 0 Å². The highest BCUT2D eigenvalue weighted by molar-refractivity contribution is 14.1. The van der Waals surface area contributed by atoms with Gasteiger partial charge in [-0.2, -0.15) is 8.42 Å². The molecule has 23 heavy (non-hydrogen) atoms. The van der Waals surface area contributed by atoms with Crippen LogP contribution in [0.3, 0.4) is 0 Å². The Kier molecular flexibility index (Phi) is 4.44. The third-order valence-electron chi connectivity index (χ3n) is 3.31. The van der Waals surface area contributed by atoms with Gasteiger partial charge in [0, 0.05) is 22.3 Å². The summed E-state index contributed by atoms with van der Waals surface area (Å²) in [5.74, 6) is 0.258. The van der Waals surface area contributed by atoms with E-state index < -0.39 is 10.1 Å². The van der Waals surface area contributed by atoms with Crippen molar-refractivity contribution in [2.45, 2.75) is 4.90 Å². The number of hydrogen-bond donors (Lipinski definition) is 1. The Morgan fingerprint density at radius 1 is 1.04 bits per heavy atom. The summed E-state index contributed by atoms with van der Waals surface area (Å²) in [5, 5.41) is 2.69. The Morgan fingerprint density at radius 2 is 1.70 bits per heavy atom. The van der Waals surface area contributed by atoms with E-state index in [-0.39, 0.29) is 16.7 Å². The van der Waals surface area contributed by atoms with E-state index in [0.717, 1.165) is 3.57 Å². The lowest BCUT2D eigenvalue weighted by molar-refractivity contribution is 0.252. The number of anilines is 1. The second-order valence-electron chi connectivity index (χ2n) is 4.87. The minimum absolute atomic E-state index is 0.0411. The molecule has 0 spiro atoms. The summed E-state index contributed by atoms with van der Waals surface area (Å²) in [7, 11) is -3.90. The lowest BCUT2D eigenvalue weighted by atomic mass is 10.3. The van der Waals surface area contributed by atoms with Crippen molar-refractivity contribution in [1.29, 1.82) is 0 Å². The Bertz CT molecular complexity index is 820. The normalized spacial score (nSPS) is 14.7. The van der Waals surface area contributed by atoms with E-state index in [1.54, 1.807) is 41.3 Å². The Balaban J connectivity index is 1.80. The van der Waals surface area contributed by atoms with Crippen LogP contribution in [0.25, 0.3) is 0 Å². The predicted octanol–water partition coefficient (Wildman–Crippen LogP) is 2.59. The Labute approximate surface area is 147 Å². The Morgan fingerprint density at radius 3 is 2.26 bits per heavy atom. The third kappa shape index (κ3) is 3.58. The molecule has 0 unspecified atom stereocenters. The predicted molar refractivity (Wildman–Crippen MR) is 94.2 cm³/mol. The summed E-state index contributed by atoms with van der Waals surface area (Å²) in [6.07, 6.45) is 0. The number of nitrogens with zero attached hydrogens (tertiary/aromatic N) is 1. The van der Waals surface area contributed by atoms with Crippen LogP contribution in [0.2, 0.25) is 0 Å². The molecular weight excluding hydrogens is 431 g/mol. The van der Waals surface area contributed by atoms with E-state index >= 15 is 0 Å². The molecule has 6 nitrogen and oxygen atoms in total. The minimum Gasteiger partial charge on any atom is -0.379 e. The van der Waals surface area contributed by atoms with E-state index in [9.17, 15) is 13.2 Å². The highest BCUT2D eigenvalue weighted by Gasteiger charge is 2.22. The summed E-state index contributed by atoms with van der Waals surface area (Å²) < 4.78 is 30.6. The summed E-state index contributed by atoms with van der Waals surface area (Å²) in [6, 6.07) is 12.6. The molecule has 2 amide bonds. The fraction of sp³-hybridized carbons (Fsp3) is 0.133. The highest BCUT2D eigenvalue weighted by Crippen LogP contribution is 2.23. The minimum atomic E-state index is -3.90. The summed E-state index contributed by atoms with van der Waals surface area (Å²) in [4.78, 5) is 13.2. The fourth-order valence-corrected chi connectivity index (χ4v) is 3.47. The van der Waals surface area contributed by atoms with Crippen molar-refractivity contribution >= 4 is 44.4 Å². The number of nitrogens with one attached hydrogen (secondary N) is 1. The largest absolute Gasteiger partial charge is 0.379 e. The molecule has 0 atom stereocenters. The number of carbonyl (C=O) groups is 1. The van der Waals surface area contributed by atoms with Gasteiger partial charge >= 0.3 is 16.1 Å². The van der Waals surface area contributed by atoms with Gasteiger partial charge in [0.05, 0.1) is 0 Å². The first-order valence-electron chi connectivity index (χ1n) is 6.81. The van der Waals surface area contributed by atoms with Gasteiger partial charge in [0.1, 0.15) is 10.6 Å². The smallest absolute Gasteiger partial charge is 0.339 e. The van der Waals surface area contributed by atoms with Gasteiger partial charge in [-0.3, -0.25) is 4.90 Å². The monoisotopic (exact) mass is 444 g/mol. The van der Waals surface area contributed by atoms with E-state index in [4.69, 9.17) is 4.18 Å². The molecule has 1 N–H and O–H groups in total. The molecule has 1 saturated heterocycles. The molecule has 3 rings (SSSR count). The third-order valence-corrected chi connectivity index (χ3v) is 5.29. The number of carbonyl (C=O) groups excluding carboxylic acids is 1. The number of amides is 2.